The van der Waals surface area contributed by atoms with E-state index < -0.39 is 6.10 Å². The first kappa shape index (κ1) is 13.3. The topological polar surface area (TPSA) is 63.0 Å². The number of hydrogen-bond donors (Lipinski definition) is 2. The number of aromatic nitrogens is 3. The van der Waals surface area contributed by atoms with E-state index in [4.69, 9.17) is 0 Å². The van der Waals surface area contributed by atoms with E-state index >= 15 is 0 Å². The quantitative estimate of drug-likeness (QED) is 0.857. The lowest BCUT2D eigenvalue weighted by Crippen LogP contribution is -2.11. The third-order valence-electron chi connectivity index (χ3n) is 3.79. The first-order valence-electron chi connectivity index (χ1n) is 7.14. The number of hydrogen-bond acceptors (Lipinski definition) is 4. The van der Waals surface area contributed by atoms with Crippen LogP contribution in [0.3, 0.4) is 0 Å². The number of rotatable bonds is 5. The van der Waals surface area contributed by atoms with Crippen molar-refractivity contribution >= 4 is 0 Å². The van der Waals surface area contributed by atoms with Gasteiger partial charge in [0.2, 0.25) is 0 Å². The smallest absolute Gasteiger partial charge is 0.0986 e. The fourth-order valence-corrected chi connectivity index (χ4v) is 2.66. The second-order valence-electron chi connectivity index (χ2n) is 5.42. The molecule has 1 aromatic carbocycles. The molecular formula is C15H20N4O. The van der Waals surface area contributed by atoms with Crippen LogP contribution in [0.25, 0.3) is 0 Å². The van der Waals surface area contributed by atoms with Crippen molar-refractivity contribution in [3.63, 3.8) is 0 Å². The average Bonchev–Trinajstić information content (AvgIpc) is 3.12. The zero-order valence-electron chi connectivity index (χ0n) is 11.4. The molecule has 1 fully saturated rings. The van der Waals surface area contributed by atoms with E-state index in [0.717, 1.165) is 30.8 Å². The van der Waals surface area contributed by atoms with Crippen LogP contribution in [0.1, 0.15) is 23.8 Å². The van der Waals surface area contributed by atoms with Gasteiger partial charge in [0.25, 0.3) is 0 Å². The van der Waals surface area contributed by atoms with E-state index in [-0.39, 0.29) is 0 Å². The normalized spacial score (nSPS) is 20.1. The Morgan fingerprint density at radius 1 is 1.35 bits per heavy atom. The van der Waals surface area contributed by atoms with E-state index in [1.54, 1.807) is 4.68 Å². The van der Waals surface area contributed by atoms with Crippen LogP contribution in [0.4, 0.5) is 0 Å². The number of benzene rings is 1. The first-order valence-corrected chi connectivity index (χ1v) is 7.14. The number of aliphatic hydroxyl groups is 1. The van der Waals surface area contributed by atoms with Crippen LogP contribution in [0.15, 0.2) is 36.5 Å². The molecule has 2 N–H and O–H groups in total. The molecule has 2 heterocycles. The third-order valence-corrected chi connectivity index (χ3v) is 3.79. The molecule has 0 amide bonds. The number of nitrogens with zero attached hydrogens (tertiary/aromatic N) is 3. The van der Waals surface area contributed by atoms with Crippen LogP contribution in [0.5, 0.6) is 0 Å². The van der Waals surface area contributed by atoms with Crippen molar-refractivity contribution in [1.82, 2.24) is 20.3 Å². The minimum Gasteiger partial charge on any atom is -0.386 e. The Morgan fingerprint density at radius 2 is 2.20 bits per heavy atom. The van der Waals surface area contributed by atoms with Gasteiger partial charge in [-0.15, -0.1) is 5.10 Å². The van der Waals surface area contributed by atoms with Gasteiger partial charge in [0.1, 0.15) is 0 Å². The Hall–Kier alpha value is -1.72. The standard InChI is InChI=1S/C15H20N4O/c20-15(13-4-2-1-3-5-13)11-19-10-14(17-18-19)8-12-6-7-16-9-12/h1-5,10,12,15-16,20H,6-9,11H2. The highest BCUT2D eigenvalue weighted by Gasteiger charge is 2.17. The monoisotopic (exact) mass is 272 g/mol. The van der Waals surface area contributed by atoms with Gasteiger partial charge >= 0.3 is 0 Å². The second kappa shape index (κ2) is 6.15. The van der Waals surface area contributed by atoms with Crippen molar-refractivity contribution in [2.45, 2.75) is 25.5 Å². The molecule has 0 saturated carbocycles. The molecule has 1 aliphatic rings. The highest BCUT2D eigenvalue weighted by Crippen LogP contribution is 2.16. The summed E-state index contributed by atoms with van der Waals surface area (Å²) in [4.78, 5) is 0. The summed E-state index contributed by atoms with van der Waals surface area (Å²) < 4.78 is 1.73. The predicted molar refractivity (Wildman–Crippen MR) is 76.1 cm³/mol. The van der Waals surface area contributed by atoms with Crippen LogP contribution in [-0.2, 0) is 13.0 Å². The van der Waals surface area contributed by atoms with E-state index in [9.17, 15) is 5.11 Å². The van der Waals surface area contributed by atoms with E-state index in [1.807, 2.05) is 36.5 Å². The Labute approximate surface area is 118 Å². The maximum Gasteiger partial charge on any atom is 0.0986 e. The molecule has 20 heavy (non-hydrogen) atoms. The lowest BCUT2D eigenvalue weighted by Gasteiger charge is -2.10. The zero-order valence-corrected chi connectivity index (χ0v) is 11.4. The molecule has 0 bridgehead atoms. The number of nitrogens with one attached hydrogen (secondary N) is 1. The highest BCUT2D eigenvalue weighted by molar-refractivity contribution is 5.17. The minimum atomic E-state index is -0.543. The fraction of sp³-hybridized carbons (Fsp3) is 0.467. The summed E-state index contributed by atoms with van der Waals surface area (Å²) in [7, 11) is 0. The lowest BCUT2D eigenvalue weighted by atomic mass is 10.0. The first-order chi connectivity index (χ1) is 9.81. The van der Waals surface area contributed by atoms with E-state index in [1.165, 1.54) is 6.42 Å². The van der Waals surface area contributed by atoms with Crippen molar-refractivity contribution in [2.24, 2.45) is 5.92 Å². The summed E-state index contributed by atoms with van der Waals surface area (Å²) in [5.74, 6) is 0.666. The Morgan fingerprint density at radius 3 is 2.95 bits per heavy atom. The molecular weight excluding hydrogens is 252 g/mol. The Kier molecular flexibility index (Phi) is 4.08. The molecule has 1 saturated heterocycles. The molecule has 2 atom stereocenters. The van der Waals surface area contributed by atoms with E-state index in [0.29, 0.717) is 12.5 Å². The summed E-state index contributed by atoms with van der Waals surface area (Å²) in [6, 6.07) is 9.65. The van der Waals surface area contributed by atoms with Crippen LogP contribution in [0.2, 0.25) is 0 Å². The van der Waals surface area contributed by atoms with Gasteiger partial charge in [-0.05, 0) is 37.4 Å². The molecule has 1 aromatic heterocycles. The van der Waals surface area contributed by atoms with Gasteiger partial charge in [-0.1, -0.05) is 35.5 Å². The SMILES string of the molecule is OC(Cn1cc(CC2CCNC2)nn1)c1ccccc1. The van der Waals surface area contributed by atoms with Gasteiger partial charge < -0.3 is 10.4 Å². The third kappa shape index (κ3) is 3.23. The van der Waals surface area contributed by atoms with Gasteiger partial charge in [0.15, 0.2) is 0 Å². The van der Waals surface area contributed by atoms with Gasteiger partial charge in [-0.3, -0.25) is 0 Å². The maximum absolute atomic E-state index is 10.2. The summed E-state index contributed by atoms with van der Waals surface area (Å²) in [6.07, 6.45) is 3.58. The summed E-state index contributed by atoms with van der Waals surface area (Å²) in [5, 5.41) is 21.8. The lowest BCUT2D eigenvalue weighted by molar-refractivity contribution is 0.150. The molecule has 5 heteroatoms. The van der Waals surface area contributed by atoms with Crippen LogP contribution in [0, 0.1) is 5.92 Å². The van der Waals surface area contributed by atoms with Crippen molar-refractivity contribution < 1.29 is 5.11 Å². The van der Waals surface area contributed by atoms with Crippen molar-refractivity contribution in [2.75, 3.05) is 13.1 Å². The molecule has 5 nitrogen and oxygen atoms in total. The molecule has 1 aliphatic heterocycles. The van der Waals surface area contributed by atoms with Gasteiger partial charge in [0, 0.05) is 6.20 Å². The second-order valence-corrected chi connectivity index (χ2v) is 5.42. The molecule has 0 radical (unpaired) electrons. The summed E-state index contributed by atoms with van der Waals surface area (Å²) in [6.45, 7) is 2.62. The van der Waals surface area contributed by atoms with Crippen LogP contribution >= 0.6 is 0 Å². The Bertz CT molecular complexity index is 534. The van der Waals surface area contributed by atoms with Gasteiger partial charge in [-0.25, -0.2) is 4.68 Å². The highest BCUT2D eigenvalue weighted by atomic mass is 16.3. The van der Waals surface area contributed by atoms with Crippen LogP contribution < -0.4 is 5.32 Å². The van der Waals surface area contributed by atoms with Crippen molar-refractivity contribution in [1.29, 1.82) is 0 Å². The number of aliphatic hydroxyl groups excluding tert-OH is 1. The maximum atomic E-state index is 10.2. The molecule has 0 aliphatic carbocycles. The molecule has 3 rings (SSSR count). The van der Waals surface area contributed by atoms with Crippen molar-refractivity contribution in [3.05, 3.63) is 47.8 Å². The summed E-state index contributed by atoms with van der Waals surface area (Å²) in [5.41, 5.74) is 1.92. The minimum absolute atomic E-state index is 0.444. The fourth-order valence-electron chi connectivity index (χ4n) is 2.66. The van der Waals surface area contributed by atoms with Crippen molar-refractivity contribution in [3.8, 4) is 0 Å². The van der Waals surface area contributed by atoms with Gasteiger partial charge in [0.05, 0.1) is 18.3 Å². The largest absolute Gasteiger partial charge is 0.386 e. The zero-order chi connectivity index (χ0) is 13.8. The van der Waals surface area contributed by atoms with Gasteiger partial charge in [-0.2, -0.15) is 0 Å². The molecule has 0 spiro atoms. The molecule has 2 unspecified atom stereocenters. The van der Waals surface area contributed by atoms with E-state index in [2.05, 4.69) is 15.6 Å². The molecule has 106 valence electrons. The predicted octanol–water partition coefficient (Wildman–Crippen LogP) is 1.16. The molecule has 2 aromatic rings. The Balaban J connectivity index is 1.59. The summed E-state index contributed by atoms with van der Waals surface area (Å²) >= 11 is 0. The average molecular weight is 272 g/mol. The van der Waals surface area contributed by atoms with Crippen LogP contribution in [-0.4, -0.2) is 33.2 Å².